The maximum atomic E-state index is 11.1. The van der Waals surface area contributed by atoms with Crippen LogP contribution in [0.15, 0.2) is 29.4 Å². The molecule has 1 heterocycles. The fourth-order valence-corrected chi connectivity index (χ4v) is 1.55. The summed E-state index contributed by atoms with van der Waals surface area (Å²) in [6.07, 6.45) is 0. The molecule has 0 fully saturated rings. The summed E-state index contributed by atoms with van der Waals surface area (Å²) >= 11 is 5.87. The van der Waals surface area contributed by atoms with Crippen LogP contribution in [0, 0.1) is 0 Å². The fourth-order valence-electron chi connectivity index (χ4n) is 1.36. The summed E-state index contributed by atoms with van der Waals surface area (Å²) in [5.74, 6) is 0. The smallest absolute Gasteiger partial charge is 0.320 e. The Morgan fingerprint density at radius 2 is 2.33 bits per heavy atom. The van der Waals surface area contributed by atoms with E-state index in [0.717, 1.165) is 11.3 Å². The van der Waals surface area contributed by atoms with Crippen molar-refractivity contribution in [2.75, 3.05) is 13.6 Å². The monoisotopic (exact) mass is 223 g/mol. The predicted octanol–water partition coefficient (Wildman–Crippen LogP) is 1.70. The third-order valence-electron chi connectivity index (χ3n) is 2.18. The van der Waals surface area contributed by atoms with Crippen molar-refractivity contribution >= 4 is 23.3 Å². The Morgan fingerprint density at radius 1 is 1.53 bits per heavy atom. The van der Waals surface area contributed by atoms with Gasteiger partial charge in [0.05, 0.1) is 12.3 Å². The molecule has 2 amide bonds. The number of nitrogens with one attached hydrogen (secondary N) is 1. The van der Waals surface area contributed by atoms with E-state index in [4.69, 9.17) is 11.6 Å². The van der Waals surface area contributed by atoms with Crippen LogP contribution in [0.2, 0.25) is 5.02 Å². The van der Waals surface area contributed by atoms with Gasteiger partial charge in [-0.2, -0.15) is 5.10 Å². The molecule has 2 rings (SSSR count). The van der Waals surface area contributed by atoms with Crippen LogP contribution in [0.1, 0.15) is 5.56 Å². The van der Waals surface area contributed by atoms with Gasteiger partial charge >= 0.3 is 6.03 Å². The van der Waals surface area contributed by atoms with E-state index < -0.39 is 0 Å². The second-order valence-corrected chi connectivity index (χ2v) is 3.78. The molecule has 0 aliphatic carbocycles. The van der Waals surface area contributed by atoms with Crippen LogP contribution in [0.4, 0.5) is 4.79 Å². The van der Waals surface area contributed by atoms with Crippen molar-refractivity contribution in [1.82, 2.24) is 10.3 Å². The second-order valence-electron chi connectivity index (χ2n) is 3.34. The Morgan fingerprint density at radius 3 is 3.00 bits per heavy atom. The first-order valence-corrected chi connectivity index (χ1v) is 4.88. The van der Waals surface area contributed by atoms with Crippen molar-refractivity contribution in [2.45, 2.75) is 0 Å². The molecule has 0 radical (unpaired) electrons. The van der Waals surface area contributed by atoms with E-state index in [2.05, 4.69) is 10.5 Å². The Bertz CT molecular complexity index is 430. The Labute approximate surface area is 92.5 Å². The van der Waals surface area contributed by atoms with Crippen LogP contribution in [0.5, 0.6) is 0 Å². The van der Waals surface area contributed by atoms with Gasteiger partial charge in [0.15, 0.2) is 0 Å². The van der Waals surface area contributed by atoms with Gasteiger partial charge in [0.25, 0.3) is 0 Å². The van der Waals surface area contributed by atoms with Gasteiger partial charge in [0.2, 0.25) is 0 Å². The number of carbonyl (C=O) groups is 1. The van der Waals surface area contributed by atoms with Gasteiger partial charge in [0.1, 0.15) is 0 Å². The molecule has 4 nitrogen and oxygen atoms in total. The lowest BCUT2D eigenvalue weighted by molar-refractivity contribution is 0.212. The minimum Gasteiger partial charge on any atom is -0.320 e. The average molecular weight is 224 g/mol. The summed E-state index contributed by atoms with van der Waals surface area (Å²) in [5.41, 5.74) is 4.16. The first-order chi connectivity index (χ1) is 7.16. The third-order valence-corrected chi connectivity index (χ3v) is 2.41. The quantitative estimate of drug-likeness (QED) is 0.774. The van der Waals surface area contributed by atoms with Crippen LogP contribution in [0.3, 0.4) is 0 Å². The summed E-state index contributed by atoms with van der Waals surface area (Å²) in [6, 6.07) is 7.20. The molecule has 15 heavy (non-hydrogen) atoms. The molecule has 0 spiro atoms. The van der Waals surface area contributed by atoms with Gasteiger partial charge in [-0.05, 0) is 12.1 Å². The summed E-state index contributed by atoms with van der Waals surface area (Å²) in [5, 5.41) is 4.65. The zero-order chi connectivity index (χ0) is 10.8. The largest absolute Gasteiger partial charge is 0.337 e. The maximum Gasteiger partial charge on any atom is 0.337 e. The molecular weight excluding hydrogens is 214 g/mol. The van der Waals surface area contributed by atoms with Crippen molar-refractivity contribution in [1.29, 1.82) is 0 Å². The Kier molecular flexibility index (Phi) is 2.60. The molecule has 1 aromatic rings. The molecule has 5 heteroatoms. The Balaban J connectivity index is 2.29. The highest BCUT2D eigenvalue weighted by Crippen LogP contribution is 2.13. The van der Waals surface area contributed by atoms with E-state index in [0.29, 0.717) is 11.6 Å². The molecule has 78 valence electrons. The van der Waals surface area contributed by atoms with Crippen molar-refractivity contribution in [3.05, 3.63) is 34.9 Å². The van der Waals surface area contributed by atoms with Crippen molar-refractivity contribution in [3.63, 3.8) is 0 Å². The number of amides is 2. The Hall–Kier alpha value is -1.55. The zero-order valence-corrected chi connectivity index (χ0v) is 8.95. The van der Waals surface area contributed by atoms with Crippen molar-refractivity contribution in [3.8, 4) is 0 Å². The van der Waals surface area contributed by atoms with E-state index >= 15 is 0 Å². The highest BCUT2D eigenvalue weighted by atomic mass is 35.5. The summed E-state index contributed by atoms with van der Waals surface area (Å²) in [4.78, 5) is 12.7. The maximum absolute atomic E-state index is 11.1. The topological polar surface area (TPSA) is 44.7 Å². The standard InChI is InChI=1S/C10H10ClN3O/c1-14-6-9(12-13-10(14)15)7-3-2-4-8(11)5-7/h2-5H,6H2,1H3,(H,13,15). The molecule has 1 N–H and O–H groups in total. The first kappa shape index (κ1) is 9.98. The van der Waals surface area contributed by atoms with Crippen LogP contribution in [0.25, 0.3) is 0 Å². The lowest BCUT2D eigenvalue weighted by Crippen LogP contribution is -2.43. The number of carbonyl (C=O) groups excluding carboxylic acids is 1. The van der Waals surface area contributed by atoms with Crippen molar-refractivity contribution < 1.29 is 4.79 Å². The van der Waals surface area contributed by atoms with Gasteiger partial charge in [-0.1, -0.05) is 23.7 Å². The van der Waals surface area contributed by atoms with Gasteiger partial charge in [0, 0.05) is 17.6 Å². The number of rotatable bonds is 1. The number of hydrogen-bond donors (Lipinski definition) is 1. The van der Waals surface area contributed by atoms with Gasteiger partial charge < -0.3 is 4.90 Å². The summed E-state index contributed by atoms with van der Waals surface area (Å²) in [6.45, 7) is 0.492. The molecule has 1 aliphatic heterocycles. The number of urea groups is 1. The molecule has 0 bridgehead atoms. The predicted molar refractivity (Wildman–Crippen MR) is 59.2 cm³/mol. The van der Waals surface area contributed by atoms with Crippen molar-refractivity contribution in [2.24, 2.45) is 5.10 Å². The second kappa shape index (κ2) is 3.90. The van der Waals surface area contributed by atoms with Gasteiger partial charge in [-0.25, -0.2) is 10.2 Å². The summed E-state index contributed by atoms with van der Waals surface area (Å²) < 4.78 is 0. The SMILES string of the molecule is CN1CC(c2cccc(Cl)c2)=NNC1=O. The van der Waals surface area contributed by atoms with Crippen LogP contribution in [-0.4, -0.2) is 30.2 Å². The van der Waals surface area contributed by atoms with E-state index in [9.17, 15) is 4.79 Å². The molecule has 0 saturated carbocycles. The van der Waals surface area contributed by atoms with Gasteiger partial charge in [-0.3, -0.25) is 0 Å². The number of likely N-dealkylation sites (N-methyl/N-ethyl adjacent to an activating group) is 1. The molecule has 1 aromatic carbocycles. The summed E-state index contributed by atoms with van der Waals surface area (Å²) in [7, 11) is 1.72. The van der Waals surface area contributed by atoms with E-state index in [1.165, 1.54) is 0 Å². The van der Waals surface area contributed by atoms with E-state index in [1.807, 2.05) is 18.2 Å². The van der Waals surface area contributed by atoms with Crippen LogP contribution < -0.4 is 5.43 Å². The molecule has 1 aliphatic rings. The molecule has 0 saturated heterocycles. The molecule has 0 aromatic heterocycles. The zero-order valence-electron chi connectivity index (χ0n) is 8.20. The van der Waals surface area contributed by atoms with Crippen LogP contribution in [-0.2, 0) is 0 Å². The third kappa shape index (κ3) is 2.10. The average Bonchev–Trinajstić information content (AvgIpc) is 2.22. The minimum atomic E-state index is -0.194. The van der Waals surface area contributed by atoms with Gasteiger partial charge in [-0.15, -0.1) is 0 Å². The minimum absolute atomic E-state index is 0.194. The molecular formula is C10H10ClN3O. The normalized spacial score (nSPS) is 16.0. The highest BCUT2D eigenvalue weighted by molar-refractivity contribution is 6.31. The van der Waals surface area contributed by atoms with E-state index in [-0.39, 0.29) is 6.03 Å². The fraction of sp³-hybridized carbons (Fsp3) is 0.200. The number of hydrogen-bond acceptors (Lipinski definition) is 2. The lowest BCUT2D eigenvalue weighted by atomic mass is 10.1. The highest BCUT2D eigenvalue weighted by Gasteiger charge is 2.17. The molecule has 0 atom stereocenters. The number of hydrazone groups is 1. The number of halogens is 1. The lowest BCUT2D eigenvalue weighted by Gasteiger charge is -2.22. The number of benzene rings is 1. The molecule has 0 unspecified atom stereocenters. The van der Waals surface area contributed by atoms with Crippen LogP contribution >= 0.6 is 11.6 Å². The number of nitrogens with zero attached hydrogens (tertiary/aromatic N) is 2. The van der Waals surface area contributed by atoms with E-state index in [1.54, 1.807) is 18.0 Å². The first-order valence-electron chi connectivity index (χ1n) is 4.50.